The highest BCUT2D eigenvalue weighted by Crippen LogP contribution is 2.28. The van der Waals surface area contributed by atoms with Gasteiger partial charge in [0.25, 0.3) is 5.56 Å². The second-order valence-corrected chi connectivity index (χ2v) is 7.00. The van der Waals surface area contributed by atoms with Gasteiger partial charge in [-0.1, -0.05) is 30.3 Å². The second-order valence-electron chi connectivity index (χ2n) is 7.00. The van der Waals surface area contributed by atoms with E-state index in [0.717, 1.165) is 35.4 Å². The Kier molecular flexibility index (Phi) is 4.92. The molecule has 1 saturated heterocycles. The number of nitrogens with one attached hydrogen (secondary N) is 2. The van der Waals surface area contributed by atoms with Gasteiger partial charge >= 0.3 is 0 Å². The molecule has 0 radical (unpaired) electrons. The van der Waals surface area contributed by atoms with Crippen LogP contribution in [0.1, 0.15) is 24.8 Å². The van der Waals surface area contributed by atoms with Crippen LogP contribution >= 0.6 is 0 Å². The average Bonchev–Trinajstić information content (AvgIpc) is 2.69. The number of rotatable bonds is 4. The molecule has 1 aliphatic rings. The van der Waals surface area contributed by atoms with E-state index in [1.54, 1.807) is 6.07 Å². The first-order valence-corrected chi connectivity index (χ1v) is 9.45. The van der Waals surface area contributed by atoms with Gasteiger partial charge in [0.2, 0.25) is 5.91 Å². The van der Waals surface area contributed by atoms with Crippen molar-refractivity contribution < 1.29 is 4.79 Å². The Morgan fingerprint density at radius 2 is 1.74 bits per heavy atom. The van der Waals surface area contributed by atoms with Crippen molar-refractivity contribution in [1.29, 1.82) is 0 Å². The summed E-state index contributed by atoms with van der Waals surface area (Å²) in [6.07, 6.45) is 3.66. The fourth-order valence-corrected chi connectivity index (χ4v) is 3.68. The molecule has 2 N–H and O–H groups in total. The zero-order valence-electron chi connectivity index (χ0n) is 15.2. The van der Waals surface area contributed by atoms with E-state index in [1.165, 1.54) is 19.3 Å². The summed E-state index contributed by atoms with van der Waals surface area (Å²) in [4.78, 5) is 30.1. The lowest BCUT2D eigenvalue weighted by Gasteiger charge is -2.30. The smallest absolute Gasteiger partial charge is 0.252 e. The fraction of sp³-hybridized carbons (Fsp3) is 0.273. The van der Waals surface area contributed by atoms with Gasteiger partial charge in [0.05, 0.1) is 17.8 Å². The third-order valence-electron chi connectivity index (χ3n) is 5.06. The van der Waals surface area contributed by atoms with Crippen molar-refractivity contribution in [3.63, 3.8) is 0 Å². The number of H-pyrrole nitrogens is 1. The van der Waals surface area contributed by atoms with Crippen molar-refractivity contribution in [3.8, 4) is 0 Å². The van der Waals surface area contributed by atoms with Gasteiger partial charge in [0, 0.05) is 24.2 Å². The molecule has 3 aromatic rings. The number of amides is 1. The van der Waals surface area contributed by atoms with Crippen molar-refractivity contribution >= 4 is 28.2 Å². The number of carbonyl (C=O) groups excluding carboxylic acids is 1. The Hall–Kier alpha value is -3.08. The number of hydrogen-bond acceptors (Lipinski definition) is 3. The van der Waals surface area contributed by atoms with Crippen molar-refractivity contribution in [2.24, 2.45) is 0 Å². The van der Waals surface area contributed by atoms with Crippen LogP contribution in [0.5, 0.6) is 0 Å². The summed E-state index contributed by atoms with van der Waals surface area (Å²) in [6, 6.07) is 17.3. The molecule has 0 aliphatic carbocycles. The molecule has 1 amide bonds. The molecule has 2 aromatic carbocycles. The van der Waals surface area contributed by atoms with Gasteiger partial charge in [0.15, 0.2) is 0 Å². The first-order valence-electron chi connectivity index (χ1n) is 9.45. The molecular weight excluding hydrogens is 338 g/mol. The molecule has 0 saturated carbocycles. The zero-order valence-corrected chi connectivity index (χ0v) is 15.2. The topological polar surface area (TPSA) is 65.2 Å². The molecule has 1 aromatic heterocycles. The largest absolute Gasteiger partial charge is 0.370 e. The molecule has 4 rings (SSSR count). The number of carbonyl (C=O) groups is 1. The minimum absolute atomic E-state index is 0.0501. The van der Waals surface area contributed by atoms with E-state index in [0.29, 0.717) is 5.56 Å². The Labute approximate surface area is 158 Å². The Bertz CT molecular complexity index is 1020. The number of anilines is 2. The Balaban J connectivity index is 1.53. The number of hydrogen-bond donors (Lipinski definition) is 2. The summed E-state index contributed by atoms with van der Waals surface area (Å²) in [6.45, 7) is 2.02. The van der Waals surface area contributed by atoms with E-state index in [1.807, 2.05) is 48.5 Å². The van der Waals surface area contributed by atoms with Crippen LogP contribution in [0.4, 0.5) is 11.4 Å². The molecule has 27 heavy (non-hydrogen) atoms. The third-order valence-corrected chi connectivity index (χ3v) is 5.06. The van der Waals surface area contributed by atoms with Crippen molar-refractivity contribution in [3.05, 3.63) is 70.5 Å². The van der Waals surface area contributed by atoms with Crippen LogP contribution in [0.15, 0.2) is 59.4 Å². The van der Waals surface area contributed by atoms with E-state index in [2.05, 4.69) is 15.2 Å². The summed E-state index contributed by atoms with van der Waals surface area (Å²) in [7, 11) is 0. The molecule has 2 heterocycles. The van der Waals surface area contributed by atoms with Gasteiger partial charge in [-0.15, -0.1) is 0 Å². The van der Waals surface area contributed by atoms with E-state index in [9.17, 15) is 9.59 Å². The van der Waals surface area contributed by atoms with Crippen molar-refractivity contribution in [2.45, 2.75) is 25.7 Å². The zero-order chi connectivity index (χ0) is 18.6. The van der Waals surface area contributed by atoms with Gasteiger partial charge in [-0.25, -0.2) is 0 Å². The monoisotopic (exact) mass is 361 g/mol. The average molecular weight is 361 g/mol. The molecule has 0 unspecified atom stereocenters. The molecule has 0 atom stereocenters. The maximum atomic E-state index is 12.6. The number of aromatic nitrogens is 1. The predicted octanol–water partition coefficient (Wildman–Crippen LogP) is 3.70. The number of piperidine rings is 1. The van der Waals surface area contributed by atoms with Gasteiger partial charge < -0.3 is 15.2 Å². The SMILES string of the molecule is O=C(Cc1cc2ccccc2[nH]c1=O)Nc1ccccc1N1CCCCC1. The van der Waals surface area contributed by atoms with Crippen LogP contribution < -0.4 is 15.8 Å². The first-order chi connectivity index (χ1) is 13.2. The molecule has 138 valence electrons. The lowest BCUT2D eigenvalue weighted by atomic mass is 10.1. The minimum Gasteiger partial charge on any atom is -0.370 e. The Morgan fingerprint density at radius 3 is 2.59 bits per heavy atom. The van der Waals surface area contributed by atoms with Crippen LogP contribution in [-0.4, -0.2) is 24.0 Å². The normalized spacial score (nSPS) is 14.3. The van der Waals surface area contributed by atoms with Crippen LogP contribution in [0.2, 0.25) is 0 Å². The molecule has 5 nitrogen and oxygen atoms in total. The number of fused-ring (bicyclic) bond motifs is 1. The molecule has 0 spiro atoms. The van der Waals surface area contributed by atoms with E-state index < -0.39 is 0 Å². The van der Waals surface area contributed by atoms with Crippen molar-refractivity contribution in [2.75, 3.05) is 23.3 Å². The molecule has 0 bridgehead atoms. The standard InChI is InChI=1S/C22H23N3O2/c26-21(15-17-14-16-8-2-3-9-18(16)24-22(17)27)23-19-10-4-5-11-20(19)25-12-6-1-7-13-25/h2-5,8-11,14H,1,6-7,12-13,15H2,(H,23,26)(H,24,27). The van der Waals surface area contributed by atoms with Crippen LogP contribution in [0.25, 0.3) is 10.9 Å². The third kappa shape index (κ3) is 3.87. The van der Waals surface area contributed by atoms with Crippen LogP contribution in [-0.2, 0) is 11.2 Å². The van der Waals surface area contributed by atoms with Crippen molar-refractivity contribution in [1.82, 2.24) is 4.98 Å². The Morgan fingerprint density at radius 1 is 1.00 bits per heavy atom. The minimum atomic E-state index is -0.215. The number of pyridine rings is 1. The summed E-state index contributed by atoms with van der Waals surface area (Å²) >= 11 is 0. The van der Waals surface area contributed by atoms with Gasteiger partial charge in [-0.3, -0.25) is 9.59 Å². The number of para-hydroxylation sites is 3. The predicted molar refractivity (Wildman–Crippen MR) is 109 cm³/mol. The van der Waals surface area contributed by atoms with E-state index in [-0.39, 0.29) is 17.9 Å². The number of benzene rings is 2. The molecular formula is C22H23N3O2. The molecule has 1 aliphatic heterocycles. The van der Waals surface area contributed by atoms with Gasteiger partial charge in [-0.2, -0.15) is 0 Å². The molecule has 5 heteroatoms. The summed E-state index contributed by atoms with van der Waals surface area (Å²) in [5, 5.41) is 3.92. The second kappa shape index (κ2) is 7.66. The van der Waals surface area contributed by atoms with Crippen LogP contribution in [0, 0.1) is 0 Å². The summed E-state index contributed by atoms with van der Waals surface area (Å²) in [5.41, 5.74) is 2.90. The number of nitrogens with zero attached hydrogens (tertiary/aromatic N) is 1. The first kappa shape index (κ1) is 17.3. The maximum Gasteiger partial charge on any atom is 0.252 e. The number of aromatic amines is 1. The van der Waals surface area contributed by atoms with E-state index >= 15 is 0 Å². The highest BCUT2D eigenvalue weighted by molar-refractivity contribution is 5.96. The summed E-state index contributed by atoms with van der Waals surface area (Å²) in [5.74, 6) is -0.180. The lowest BCUT2D eigenvalue weighted by molar-refractivity contribution is -0.115. The molecule has 1 fully saturated rings. The summed E-state index contributed by atoms with van der Waals surface area (Å²) < 4.78 is 0. The maximum absolute atomic E-state index is 12.6. The highest BCUT2D eigenvalue weighted by atomic mass is 16.2. The van der Waals surface area contributed by atoms with Gasteiger partial charge in [0.1, 0.15) is 0 Å². The fourth-order valence-electron chi connectivity index (χ4n) is 3.68. The van der Waals surface area contributed by atoms with E-state index in [4.69, 9.17) is 0 Å². The highest BCUT2D eigenvalue weighted by Gasteiger charge is 2.16. The quantitative estimate of drug-likeness (QED) is 0.745. The lowest BCUT2D eigenvalue weighted by Crippen LogP contribution is -2.30. The van der Waals surface area contributed by atoms with Gasteiger partial charge in [-0.05, 0) is 48.9 Å². The van der Waals surface area contributed by atoms with Crippen LogP contribution in [0.3, 0.4) is 0 Å².